The Bertz CT molecular complexity index is 823. The second-order valence-corrected chi connectivity index (χ2v) is 6.11. The van der Waals surface area contributed by atoms with Crippen LogP contribution in [0.15, 0.2) is 42.5 Å². The van der Waals surface area contributed by atoms with Crippen molar-refractivity contribution in [2.75, 3.05) is 12.4 Å². The van der Waals surface area contributed by atoms with E-state index >= 15 is 0 Å². The summed E-state index contributed by atoms with van der Waals surface area (Å²) in [5.74, 6) is -2.23. The summed E-state index contributed by atoms with van der Waals surface area (Å²) in [4.78, 5) is 24.0. The van der Waals surface area contributed by atoms with Crippen molar-refractivity contribution in [1.29, 1.82) is 0 Å². The van der Waals surface area contributed by atoms with Crippen molar-refractivity contribution >= 4 is 17.5 Å². The average molecular weight is 344 g/mol. The van der Waals surface area contributed by atoms with Gasteiger partial charge in [-0.1, -0.05) is 24.3 Å². The van der Waals surface area contributed by atoms with Crippen molar-refractivity contribution in [3.05, 3.63) is 65.2 Å². The Morgan fingerprint density at radius 3 is 2.64 bits per heavy atom. The molecule has 0 unspecified atom stereocenters. The quantitative estimate of drug-likeness (QED) is 0.876. The molecule has 3 rings (SSSR count). The van der Waals surface area contributed by atoms with Crippen molar-refractivity contribution in [3.8, 4) is 0 Å². The molecule has 0 bridgehead atoms. The van der Waals surface area contributed by atoms with E-state index in [2.05, 4.69) is 10.6 Å². The highest BCUT2D eigenvalue weighted by molar-refractivity contribution is 5.96. The van der Waals surface area contributed by atoms with E-state index in [1.807, 2.05) is 0 Å². The highest BCUT2D eigenvalue weighted by Gasteiger charge is 2.45. The Morgan fingerprint density at radius 2 is 1.92 bits per heavy atom. The molecule has 0 saturated heterocycles. The third kappa shape index (κ3) is 3.84. The summed E-state index contributed by atoms with van der Waals surface area (Å²) in [7, 11) is 1.55. The van der Waals surface area contributed by atoms with E-state index in [0.717, 1.165) is 6.07 Å². The van der Waals surface area contributed by atoms with Gasteiger partial charge in [0.25, 0.3) is 0 Å². The molecule has 2 N–H and O–H groups in total. The van der Waals surface area contributed by atoms with Crippen molar-refractivity contribution in [1.82, 2.24) is 5.32 Å². The summed E-state index contributed by atoms with van der Waals surface area (Å²) in [6.07, 6.45) is 0.680. The van der Waals surface area contributed by atoms with Crippen LogP contribution in [0, 0.1) is 17.6 Å². The van der Waals surface area contributed by atoms with Crippen LogP contribution in [0.3, 0.4) is 0 Å². The lowest BCUT2D eigenvalue weighted by atomic mass is 10.1. The molecule has 0 heterocycles. The fourth-order valence-electron chi connectivity index (χ4n) is 2.91. The number of amides is 2. The lowest BCUT2D eigenvalue weighted by Gasteiger charge is -2.11. The lowest BCUT2D eigenvalue weighted by Crippen LogP contribution is -2.22. The van der Waals surface area contributed by atoms with Gasteiger partial charge in [-0.15, -0.1) is 0 Å². The standard InChI is InChI=1S/C19H18F2N2O2/c1-22-18(24)8-11-4-2-3-5-17(11)23-19(25)15-10-14(15)13-7-6-12(20)9-16(13)21/h2-7,9,14-15H,8,10H2,1H3,(H,22,24)(H,23,25)/t14-,15-/m0/s1. The van der Waals surface area contributed by atoms with Gasteiger partial charge in [0.05, 0.1) is 6.42 Å². The van der Waals surface area contributed by atoms with E-state index in [4.69, 9.17) is 0 Å². The Morgan fingerprint density at radius 1 is 1.16 bits per heavy atom. The molecule has 1 aliphatic carbocycles. The lowest BCUT2D eigenvalue weighted by molar-refractivity contribution is -0.120. The number of carbonyl (C=O) groups excluding carboxylic acids is 2. The van der Waals surface area contributed by atoms with Gasteiger partial charge in [0.15, 0.2) is 0 Å². The first-order valence-electron chi connectivity index (χ1n) is 8.04. The SMILES string of the molecule is CNC(=O)Cc1ccccc1NC(=O)[C@H]1C[C@H]1c1ccc(F)cc1F. The summed E-state index contributed by atoms with van der Waals surface area (Å²) >= 11 is 0. The normalized spacial score (nSPS) is 18.5. The second kappa shape index (κ2) is 7.01. The molecule has 130 valence electrons. The smallest absolute Gasteiger partial charge is 0.228 e. The van der Waals surface area contributed by atoms with Crippen LogP contribution in [0.25, 0.3) is 0 Å². The van der Waals surface area contributed by atoms with Crippen molar-refractivity contribution in [2.24, 2.45) is 5.92 Å². The maximum Gasteiger partial charge on any atom is 0.228 e. The Hall–Kier alpha value is -2.76. The zero-order chi connectivity index (χ0) is 18.0. The number of rotatable bonds is 5. The third-order valence-corrected chi connectivity index (χ3v) is 4.39. The Kier molecular flexibility index (Phi) is 4.79. The van der Waals surface area contributed by atoms with E-state index in [0.29, 0.717) is 23.2 Å². The fourth-order valence-corrected chi connectivity index (χ4v) is 2.91. The molecule has 6 heteroatoms. The molecule has 0 aromatic heterocycles. The average Bonchev–Trinajstić information content (AvgIpc) is 3.37. The van der Waals surface area contributed by atoms with Crippen LogP contribution in [0.4, 0.5) is 14.5 Å². The van der Waals surface area contributed by atoms with E-state index in [1.54, 1.807) is 31.3 Å². The monoisotopic (exact) mass is 344 g/mol. The number of hydrogen-bond acceptors (Lipinski definition) is 2. The zero-order valence-corrected chi connectivity index (χ0v) is 13.7. The number of likely N-dealkylation sites (N-methyl/N-ethyl adjacent to an activating group) is 1. The minimum atomic E-state index is -0.633. The molecule has 25 heavy (non-hydrogen) atoms. The summed E-state index contributed by atoms with van der Waals surface area (Å²) in [6, 6.07) is 10.5. The highest BCUT2D eigenvalue weighted by atomic mass is 19.1. The molecular weight excluding hydrogens is 326 g/mol. The number of carbonyl (C=O) groups is 2. The molecule has 2 amide bonds. The number of halogens is 2. The van der Waals surface area contributed by atoms with Crippen LogP contribution in [0.5, 0.6) is 0 Å². The molecule has 1 fully saturated rings. The molecule has 1 aliphatic rings. The first-order valence-corrected chi connectivity index (χ1v) is 8.04. The molecule has 0 aliphatic heterocycles. The number of hydrogen-bond donors (Lipinski definition) is 2. The van der Waals surface area contributed by atoms with Crippen LogP contribution in [0.1, 0.15) is 23.5 Å². The number of nitrogens with one attached hydrogen (secondary N) is 2. The molecule has 2 aromatic rings. The van der Waals surface area contributed by atoms with E-state index in [1.165, 1.54) is 12.1 Å². The minimum Gasteiger partial charge on any atom is -0.359 e. The Labute approximate surface area is 144 Å². The second-order valence-electron chi connectivity index (χ2n) is 6.11. The van der Waals surface area contributed by atoms with E-state index < -0.39 is 11.6 Å². The van der Waals surface area contributed by atoms with Gasteiger partial charge in [-0.3, -0.25) is 9.59 Å². The van der Waals surface area contributed by atoms with Crippen LogP contribution < -0.4 is 10.6 Å². The molecule has 1 saturated carbocycles. The van der Waals surface area contributed by atoms with Gasteiger partial charge in [0.1, 0.15) is 11.6 Å². The Balaban J connectivity index is 1.69. The maximum atomic E-state index is 13.8. The van der Waals surface area contributed by atoms with Gasteiger partial charge in [0.2, 0.25) is 11.8 Å². The van der Waals surface area contributed by atoms with Gasteiger partial charge in [-0.25, -0.2) is 8.78 Å². The molecule has 0 spiro atoms. The largest absolute Gasteiger partial charge is 0.359 e. The third-order valence-electron chi connectivity index (χ3n) is 4.39. The first kappa shape index (κ1) is 17.1. The summed E-state index contributed by atoms with van der Waals surface area (Å²) in [5, 5.41) is 5.36. The van der Waals surface area contributed by atoms with Gasteiger partial charge in [0, 0.05) is 24.7 Å². The van der Waals surface area contributed by atoms with Crippen LogP contribution in [0.2, 0.25) is 0 Å². The maximum absolute atomic E-state index is 13.8. The van der Waals surface area contributed by atoms with Gasteiger partial charge in [-0.05, 0) is 35.6 Å². The minimum absolute atomic E-state index is 0.153. The molecule has 2 aromatic carbocycles. The van der Waals surface area contributed by atoms with Crippen molar-refractivity contribution in [3.63, 3.8) is 0 Å². The number of benzene rings is 2. The highest BCUT2D eigenvalue weighted by Crippen LogP contribution is 2.48. The van der Waals surface area contributed by atoms with Gasteiger partial charge >= 0.3 is 0 Å². The summed E-state index contributed by atoms with van der Waals surface area (Å²) in [5.41, 5.74) is 1.64. The van der Waals surface area contributed by atoms with Crippen LogP contribution >= 0.6 is 0 Å². The van der Waals surface area contributed by atoms with E-state index in [9.17, 15) is 18.4 Å². The molecule has 2 atom stereocenters. The van der Waals surface area contributed by atoms with Gasteiger partial charge < -0.3 is 10.6 Å². The zero-order valence-electron chi connectivity index (χ0n) is 13.7. The topological polar surface area (TPSA) is 58.2 Å². The fraction of sp³-hybridized carbons (Fsp3) is 0.263. The predicted molar refractivity (Wildman–Crippen MR) is 90.0 cm³/mol. The summed E-state index contributed by atoms with van der Waals surface area (Å²) in [6.45, 7) is 0. The van der Waals surface area contributed by atoms with Gasteiger partial charge in [-0.2, -0.15) is 0 Å². The van der Waals surface area contributed by atoms with Crippen LogP contribution in [-0.2, 0) is 16.0 Å². The van der Waals surface area contributed by atoms with E-state index in [-0.39, 0.29) is 30.1 Å². The van der Waals surface area contributed by atoms with Crippen molar-refractivity contribution < 1.29 is 18.4 Å². The number of para-hydroxylation sites is 1. The van der Waals surface area contributed by atoms with Crippen LogP contribution in [-0.4, -0.2) is 18.9 Å². The first-order chi connectivity index (χ1) is 12.0. The molecule has 0 radical (unpaired) electrons. The number of anilines is 1. The molecule has 4 nitrogen and oxygen atoms in total. The molecular formula is C19H18F2N2O2. The summed E-state index contributed by atoms with van der Waals surface area (Å²) < 4.78 is 26.8. The predicted octanol–water partition coefficient (Wildman–Crippen LogP) is 3.00. The van der Waals surface area contributed by atoms with Crippen molar-refractivity contribution in [2.45, 2.75) is 18.8 Å².